The van der Waals surface area contributed by atoms with Crippen molar-refractivity contribution in [3.63, 3.8) is 0 Å². The fourth-order valence-electron chi connectivity index (χ4n) is 2.60. The van der Waals surface area contributed by atoms with Crippen molar-refractivity contribution in [2.75, 3.05) is 13.2 Å². The minimum atomic E-state index is -2.03. The van der Waals surface area contributed by atoms with Gasteiger partial charge in [-0.15, -0.1) is 0 Å². The summed E-state index contributed by atoms with van der Waals surface area (Å²) in [6, 6.07) is 0. The molecule has 0 N–H and O–H groups in total. The maximum Gasteiger partial charge on any atom is 0 e. The molecule has 0 amide bonds. The van der Waals surface area contributed by atoms with Gasteiger partial charge in [-0.25, -0.2) is 0 Å². The summed E-state index contributed by atoms with van der Waals surface area (Å²) in [5.74, 6) is 2.39. The molecule has 0 heterocycles. The Labute approximate surface area is 157 Å². The fourth-order valence-corrected chi connectivity index (χ4v) is 8.00. The molecule has 0 aromatic rings. The van der Waals surface area contributed by atoms with Crippen LogP contribution in [0.5, 0.6) is 0 Å². The van der Waals surface area contributed by atoms with Crippen LogP contribution in [0.15, 0.2) is 0 Å². The summed E-state index contributed by atoms with van der Waals surface area (Å²) in [5.41, 5.74) is 0. The molecule has 4 heteroatoms. The molecule has 0 aromatic heterocycles. The van der Waals surface area contributed by atoms with Crippen molar-refractivity contribution < 1.29 is 6.15 Å². The maximum absolute atomic E-state index is 6.21. The molecule has 5 radical (unpaired) electrons. The molecular formula is C17H35O2Sn2. The van der Waals surface area contributed by atoms with Crippen molar-refractivity contribution in [1.82, 2.24) is 0 Å². The first-order valence-electron chi connectivity index (χ1n) is 8.69. The summed E-state index contributed by atoms with van der Waals surface area (Å²) in [7, 11) is 0. The Morgan fingerprint density at radius 2 is 1.33 bits per heavy atom. The molecule has 2 nitrogen and oxygen atoms in total. The van der Waals surface area contributed by atoms with E-state index in [9.17, 15) is 0 Å². The Morgan fingerprint density at radius 3 is 1.76 bits per heavy atom. The molecule has 0 atom stereocenters. The normalized spacial score (nSPS) is 16.7. The van der Waals surface area contributed by atoms with Crippen LogP contribution < -0.4 is 0 Å². The molecule has 0 bridgehead atoms. The molecule has 1 aliphatic carbocycles. The van der Waals surface area contributed by atoms with Crippen LogP contribution in [-0.4, -0.2) is 57.7 Å². The van der Waals surface area contributed by atoms with E-state index in [1.54, 1.807) is 0 Å². The zero-order valence-corrected chi connectivity index (χ0v) is 20.3. The van der Waals surface area contributed by atoms with Crippen molar-refractivity contribution in [2.45, 2.75) is 77.1 Å². The molecule has 21 heavy (non-hydrogen) atoms. The van der Waals surface area contributed by atoms with Crippen LogP contribution in [0.25, 0.3) is 0 Å². The minimum Gasteiger partial charge on any atom is 0 e. The van der Waals surface area contributed by atoms with Gasteiger partial charge in [0, 0.05) is 23.9 Å². The molecule has 1 rings (SSSR count). The van der Waals surface area contributed by atoms with Gasteiger partial charge in [-0.05, 0) is 0 Å². The van der Waals surface area contributed by atoms with Crippen molar-refractivity contribution in [3.8, 4) is 0 Å². The van der Waals surface area contributed by atoms with Crippen molar-refractivity contribution in [2.24, 2.45) is 17.8 Å². The molecule has 1 fully saturated rings. The fraction of sp³-hybridized carbons (Fsp3) is 1.00. The van der Waals surface area contributed by atoms with E-state index in [2.05, 4.69) is 27.7 Å². The van der Waals surface area contributed by atoms with Crippen LogP contribution in [0.4, 0.5) is 0 Å². The Balaban J connectivity index is 0.00000400. The van der Waals surface area contributed by atoms with Crippen LogP contribution in [0.2, 0.25) is 4.44 Å². The number of hydrogen-bond donors (Lipinski definition) is 0. The largest absolute Gasteiger partial charge is 0 e. The van der Waals surface area contributed by atoms with Crippen molar-refractivity contribution >= 4 is 44.5 Å². The van der Waals surface area contributed by atoms with Gasteiger partial charge in [0.05, 0.1) is 0 Å². The third-order valence-electron chi connectivity index (χ3n) is 4.10. The second kappa shape index (κ2) is 13.9. The first-order chi connectivity index (χ1) is 9.58. The zero-order chi connectivity index (χ0) is 14.8. The van der Waals surface area contributed by atoms with E-state index in [1.807, 2.05) is 0 Å². The van der Waals surface area contributed by atoms with E-state index in [0.29, 0.717) is 0 Å². The van der Waals surface area contributed by atoms with Gasteiger partial charge >= 0.3 is 135 Å². The summed E-state index contributed by atoms with van der Waals surface area (Å²) in [4.78, 5) is 0. The summed E-state index contributed by atoms with van der Waals surface area (Å²) in [6.45, 7) is 10.9. The molecule has 1 saturated carbocycles. The van der Waals surface area contributed by atoms with Crippen LogP contribution in [0.3, 0.4) is 0 Å². The van der Waals surface area contributed by atoms with Crippen LogP contribution in [-0.2, 0) is 6.15 Å². The summed E-state index contributed by atoms with van der Waals surface area (Å²) in [6.07, 6.45) is 9.51. The minimum absolute atomic E-state index is 0. The molecule has 0 unspecified atom stereocenters. The van der Waals surface area contributed by atoms with E-state index in [0.717, 1.165) is 31.0 Å². The van der Waals surface area contributed by atoms with Crippen LogP contribution in [0.1, 0.15) is 72.6 Å². The maximum atomic E-state index is 6.21. The molecule has 0 aromatic carbocycles. The third-order valence-corrected chi connectivity index (χ3v) is 9.70. The van der Waals surface area contributed by atoms with E-state index in [4.69, 9.17) is 6.15 Å². The topological polar surface area (TPSA) is 18.5 Å². The zero-order valence-electron chi connectivity index (χ0n) is 14.6. The smallest absolute Gasteiger partial charge is 0 e. The van der Waals surface area contributed by atoms with Crippen LogP contribution >= 0.6 is 0 Å². The molecule has 0 saturated heterocycles. The predicted octanol–water partition coefficient (Wildman–Crippen LogP) is 4.80. The quantitative estimate of drug-likeness (QED) is 0.395. The first kappa shape index (κ1) is 22.5. The Kier molecular flexibility index (Phi) is 14.9. The first-order valence-corrected chi connectivity index (χ1v) is 13.0. The van der Waals surface area contributed by atoms with Gasteiger partial charge in [-0.1, -0.05) is 0 Å². The SMILES string of the molecule is CC(C)CC[O][Sn]([CH2]C1CCCCC1)[O]CCC(C)C.[Sn]. The molecule has 0 aliphatic heterocycles. The molecule has 0 spiro atoms. The summed E-state index contributed by atoms with van der Waals surface area (Å²) in [5, 5.41) is 0. The van der Waals surface area contributed by atoms with E-state index < -0.39 is 20.6 Å². The van der Waals surface area contributed by atoms with Gasteiger partial charge in [0.1, 0.15) is 0 Å². The second-order valence-corrected chi connectivity index (χ2v) is 12.1. The van der Waals surface area contributed by atoms with Gasteiger partial charge in [0.25, 0.3) is 0 Å². The summed E-state index contributed by atoms with van der Waals surface area (Å²) < 4.78 is 13.7. The van der Waals surface area contributed by atoms with Gasteiger partial charge in [-0.3, -0.25) is 0 Å². The van der Waals surface area contributed by atoms with Gasteiger partial charge in [0.15, 0.2) is 0 Å². The van der Waals surface area contributed by atoms with E-state index in [-0.39, 0.29) is 23.9 Å². The van der Waals surface area contributed by atoms with E-state index in [1.165, 1.54) is 49.4 Å². The Morgan fingerprint density at radius 1 is 0.857 bits per heavy atom. The van der Waals surface area contributed by atoms with Crippen molar-refractivity contribution in [1.29, 1.82) is 0 Å². The average molecular weight is 509 g/mol. The molecular weight excluding hydrogens is 474 g/mol. The van der Waals surface area contributed by atoms with Gasteiger partial charge in [0.2, 0.25) is 0 Å². The predicted molar refractivity (Wildman–Crippen MR) is 93.7 cm³/mol. The van der Waals surface area contributed by atoms with E-state index >= 15 is 0 Å². The standard InChI is InChI=1S/C7H13.2C5H11O.2Sn/c1-7-5-3-2-4-6-7;2*1-5(2)3-4-6;;/h7H,1-6H2;2*5H,3-4H2,1-2H3;;/q;2*-1;;+2. The number of hydrogen-bond acceptors (Lipinski definition) is 2. The third kappa shape index (κ3) is 12.6. The Bertz CT molecular complexity index is 215. The summed E-state index contributed by atoms with van der Waals surface area (Å²) >= 11 is -2.03. The Hall–Kier alpha value is 1.52. The van der Waals surface area contributed by atoms with Gasteiger partial charge < -0.3 is 0 Å². The van der Waals surface area contributed by atoms with Crippen LogP contribution in [0, 0.1) is 17.8 Å². The molecule has 1 aliphatic rings. The monoisotopic (exact) mass is 511 g/mol. The average Bonchev–Trinajstić information content (AvgIpc) is 2.38. The van der Waals surface area contributed by atoms with Gasteiger partial charge in [-0.2, -0.15) is 0 Å². The molecule has 123 valence electrons. The second-order valence-electron chi connectivity index (χ2n) is 7.14. The number of rotatable bonds is 10. The van der Waals surface area contributed by atoms with Crippen molar-refractivity contribution in [3.05, 3.63) is 0 Å².